The van der Waals surface area contributed by atoms with Gasteiger partial charge in [-0.2, -0.15) is 5.10 Å². The summed E-state index contributed by atoms with van der Waals surface area (Å²) in [6, 6.07) is 10.2. The number of aromatic nitrogens is 3. The van der Waals surface area contributed by atoms with Crippen molar-refractivity contribution in [3.63, 3.8) is 0 Å². The lowest BCUT2D eigenvalue weighted by Gasteiger charge is -2.33. The van der Waals surface area contributed by atoms with Gasteiger partial charge in [-0.05, 0) is 42.7 Å². The van der Waals surface area contributed by atoms with Crippen molar-refractivity contribution in [2.45, 2.75) is 18.8 Å². The third-order valence-electron chi connectivity index (χ3n) is 5.43. The van der Waals surface area contributed by atoms with E-state index >= 15 is 0 Å². The number of halogens is 1. The van der Waals surface area contributed by atoms with Gasteiger partial charge in [-0.25, -0.2) is 9.37 Å². The van der Waals surface area contributed by atoms with E-state index in [9.17, 15) is 9.18 Å². The molecule has 1 aromatic carbocycles. The van der Waals surface area contributed by atoms with E-state index in [4.69, 9.17) is 0 Å². The van der Waals surface area contributed by atoms with Gasteiger partial charge in [0.05, 0.1) is 11.8 Å². The van der Waals surface area contributed by atoms with Crippen molar-refractivity contribution < 1.29 is 9.18 Å². The number of amides is 1. The number of piperidine rings is 1. The molecule has 150 valence electrons. The van der Waals surface area contributed by atoms with E-state index < -0.39 is 0 Å². The molecule has 1 N–H and O–H groups in total. The van der Waals surface area contributed by atoms with E-state index in [2.05, 4.69) is 20.1 Å². The molecule has 1 amide bonds. The predicted octanol–water partition coefficient (Wildman–Crippen LogP) is 3.70. The van der Waals surface area contributed by atoms with Gasteiger partial charge in [0.25, 0.3) is 5.91 Å². The monoisotopic (exact) mass is 393 g/mol. The molecule has 7 heteroatoms. The molecule has 1 aliphatic rings. The van der Waals surface area contributed by atoms with Crippen molar-refractivity contribution >= 4 is 11.7 Å². The van der Waals surface area contributed by atoms with Crippen LogP contribution in [-0.2, 0) is 0 Å². The molecule has 1 aliphatic heterocycles. The van der Waals surface area contributed by atoms with E-state index in [1.54, 1.807) is 43.5 Å². The van der Waals surface area contributed by atoms with Crippen LogP contribution in [0.3, 0.4) is 0 Å². The molecular formula is C22H24FN5O. The van der Waals surface area contributed by atoms with Crippen molar-refractivity contribution in [3.05, 3.63) is 65.9 Å². The average molecular weight is 393 g/mol. The maximum atomic E-state index is 13.7. The summed E-state index contributed by atoms with van der Waals surface area (Å²) in [5, 5.41) is 7.34. The molecule has 0 unspecified atom stereocenters. The van der Waals surface area contributed by atoms with Gasteiger partial charge in [0, 0.05) is 50.6 Å². The number of rotatable bonds is 4. The fourth-order valence-corrected chi connectivity index (χ4v) is 3.93. The van der Waals surface area contributed by atoms with E-state index in [1.165, 1.54) is 12.1 Å². The predicted molar refractivity (Wildman–Crippen MR) is 110 cm³/mol. The van der Waals surface area contributed by atoms with Gasteiger partial charge in [-0.3, -0.25) is 9.89 Å². The second kappa shape index (κ2) is 8.03. The zero-order valence-electron chi connectivity index (χ0n) is 16.6. The van der Waals surface area contributed by atoms with Crippen molar-refractivity contribution in [2.75, 3.05) is 32.1 Å². The molecule has 0 radical (unpaired) electrons. The molecule has 0 aliphatic carbocycles. The van der Waals surface area contributed by atoms with Gasteiger partial charge >= 0.3 is 0 Å². The molecule has 1 saturated heterocycles. The maximum absolute atomic E-state index is 13.7. The summed E-state index contributed by atoms with van der Waals surface area (Å²) in [5.74, 6) is 0.734. The van der Waals surface area contributed by atoms with E-state index in [0.717, 1.165) is 48.6 Å². The number of carbonyl (C=O) groups excluding carboxylic acids is 1. The van der Waals surface area contributed by atoms with Crippen LogP contribution in [0.1, 0.15) is 34.8 Å². The van der Waals surface area contributed by atoms with E-state index in [-0.39, 0.29) is 11.7 Å². The Balaban J connectivity index is 1.52. The summed E-state index contributed by atoms with van der Waals surface area (Å²) in [6.07, 6.45) is 5.29. The number of carbonyl (C=O) groups is 1. The van der Waals surface area contributed by atoms with Gasteiger partial charge in [0.15, 0.2) is 0 Å². The largest absolute Gasteiger partial charge is 0.356 e. The van der Waals surface area contributed by atoms with Crippen LogP contribution in [0, 0.1) is 5.82 Å². The zero-order valence-corrected chi connectivity index (χ0v) is 16.6. The van der Waals surface area contributed by atoms with Crippen LogP contribution in [0.25, 0.3) is 11.1 Å². The van der Waals surface area contributed by atoms with Crippen LogP contribution in [-0.4, -0.2) is 53.2 Å². The Morgan fingerprint density at radius 2 is 2.00 bits per heavy atom. The third-order valence-corrected chi connectivity index (χ3v) is 5.43. The highest BCUT2D eigenvalue weighted by Crippen LogP contribution is 2.35. The molecule has 2 aromatic heterocycles. The summed E-state index contributed by atoms with van der Waals surface area (Å²) in [5.41, 5.74) is 3.45. The minimum atomic E-state index is -0.252. The first kappa shape index (κ1) is 19.1. The molecule has 1 fully saturated rings. The number of H-pyrrole nitrogens is 1. The fourth-order valence-electron chi connectivity index (χ4n) is 3.93. The molecule has 3 heterocycles. The highest BCUT2D eigenvalue weighted by atomic mass is 19.1. The number of pyridine rings is 1. The fraction of sp³-hybridized carbons (Fsp3) is 0.318. The number of nitrogens with zero attached hydrogens (tertiary/aromatic N) is 4. The lowest BCUT2D eigenvalue weighted by atomic mass is 9.89. The Morgan fingerprint density at radius 3 is 2.72 bits per heavy atom. The number of hydrogen-bond donors (Lipinski definition) is 1. The Hall–Kier alpha value is -3.22. The Labute approximate surface area is 169 Å². The van der Waals surface area contributed by atoms with Crippen LogP contribution >= 0.6 is 0 Å². The topological polar surface area (TPSA) is 65.1 Å². The molecule has 0 atom stereocenters. The van der Waals surface area contributed by atoms with Crippen LogP contribution in [0.4, 0.5) is 10.2 Å². The summed E-state index contributed by atoms with van der Waals surface area (Å²) in [4.78, 5) is 20.7. The Bertz CT molecular complexity index is 1010. The van der Waals surface area contributed by atoms with Gasteiger partial charge in [0.1, 0.15) is 11.6 Å². The normalized spacial score (nSPS) is 14.8. The van der Waals surface area contributed by atoms with Crippen molar-refractivity contribution in [3.8, 4) is 11.1 Å². The zero-order chi connectivity index (χ0) is 20.4. The molecule has 6 nitrogen and oxygen atoms in total. The number of nitrogens with one attached hydrogen (secondary N) is 1. The van der Waals surface area contributed by atoms with Crippen LogP contribution < -0.4 is 4.90 Å². The number of aromatic amines is 1. The van der Waals surface area contributed by atoms with Gasteiger partial charge in [-0.15, -0.1) is 0 Å². The first-order valence-corrected chi connectivity index (χ1v) is 9.75. The first-order chi connectivity index (χ1) is 14.0. The van der Waals surface area contributed by atoms with Gasteiger partial charge in [-0.1, -0.05) is 12.1 Å². The molecule has 4 rings (SSSR count). The van der Waals surface area contributed by atoms with Crippen molar-refractivity contribution in [1.29, 1.82) is 0 Å². The number of anilines is 1. The summed E-state index contributed by atoms with van der Waals surface area (Å²) >= 11 is 0. The van der Waals surface area contributed by atoms with Crippen molar-refractivity contribution in [1.82, 2.24) is 20.1 Å². The highest BCUT2D eigenvalue weighted by Gasteiger charge is 2.27. The molecule has 29 heavy (non-hydrogen) atoms. The molecule has 0 bridgehead atoms. The Kier molecular flexibility index (Phi) is 5.29. The third kappa shape index (κ3) is 3.85. The number of benzene rings is 1. The van der Waals surface area contributed by atoms with Gasteiger partial charge in [0.2, 0.25) is 0 Å². The van der Waals surface area contributed by atoms with Gasteiger partial charge < -0.3 is 9.80 Å². The second-order valence-electron chi connectivity index (χ2n) is 7.54. The minimum absolute atomic E-state index is 0.0443. The van der Waals surface area contributed by atoms with Crippen LogP contribution in [0.5, 0.6) is 0 Å². The maximum Gasteiger partial charge on any atom is 0.257 e. The molecule has 3 aromatic rings. The highest BCUT2D eigenvalue weighted by molar-refractivity contribution is 5.98. The second-order valence-corrected chi connectivity index (χ2v) is 7.54. The van der Waals surface area contributed by atoms with Crippen molar-refractivity contribution in [2.24, 2.45) is 0 Å². The summed E-state index contributed by atoms with van der Waals surface area (Å²) < 4.78 is 13.7. The summed E-state index contributed by atoms with van der Waals surface area (Å²) in [7, 11) is 3.50. The molecule has 0 saturated carbocycles. The first-order valence-electron chi connectivity index (χ1n) is 9.75. The van der Waals surface area contributed by atoms with E-state index in [1.807, 2.05) is 12.1 Å². The quantitative estimate of drug-likeness (QED) is 0.734. The van der Waals surface area contributed by atoms with Crippen LogP contribution in [0.2, 0.25) is 0 Å². The molecule has 0 spiro atoms. The standard InChI is InChI=1S/C22H24FN5O/c1-27(2)22(29)18-7-4-10-24-21(18)28-11-8-15(9-12-28)20-19(14-25-26-20)16-5-3-6-17(23)13-16/h3-7,10,13-15H,8-9,11-12H2,1-2H3,(H,25,26). The Morgan fingerprint density at radius 1 is 1.21 bits per heavy atom. The number of hydrogen-bond acceptors (Lipinski definition) is 4. The lowest BCUT2D eigenvalue weighted by molar-refractivity contribution is 0.0827. The van der Waals surface area contributed by atoms with Crippen LogP contribution in [0.15, 0.2) is 48.8 Å². The smallest absolute Gasteiger partial charge is 0.257 e. The molecular weight excluding hydrogens is 369 g/mol. The average Bonchev–Trinajstić information content (AvgIpc) is 3.23. The summed E-state index contributed by atoms with van der Waals surface area (Å²) in [6.45, 7) is 1.58. The SMILES string of the molecule is CN(C)C(=O)c1cccnc1N1CCC(c2[nH]ncc2-c2cccc(F)c2)CC1. The minimum Gasteiger partial charge on any atom is -0.356 e. The van der Waals surface area contributed by atoms with E-state index in [0.29, 0.717) is 11.5 Å². The lowest BCUT2D eigenvalue weighted by Crippen LogP contribution is -2.35.